The van der Waals surface area contributed by atoms with Crippen LogP contribution in [0.2, 0.25) is 5.02 Å². The number of ether oxygens (including phenoxy) is 1. The van der Waals surface area contributed by atoms with Crippen molar-refractivity contribution in [2.75, 3.05) is 23.9 Å². The van der Waals surface area contributed by atoms with E-state index in [1.165, 1.54) is 11.9 Å². The minimum atomic E-state index is -4.60. The zero-order valence-corrected chi connectivity index (χ0v) is 16.4. The largest absolute Gasteiger partial charge is 0.494 e. The molecule has 152 valence electrons. The van der Waals surface area contributed by atoms with Gasteiger partial charge in [-0.15, -0.1) is 0 Å². The summed E-state index contributed by atoms with van der Waals surface area (Å²) in [6.45, 7) is 2.41. The Morgan fingerprint density at radius 3 is 2.31 bits per heavy atom. The van der Waals surface area contributed by atoms with Crippen molar-refractivity contribution < 1.29 is 17.9 Å². The van der Waals surface area contributed by atoms with E-state index in [1.807, 2.05) is 6.92 Å². The Labute approximate surface area is 171 Å². The van der Waals surface area contributed by atoms with Gasteiger partial charge < -0.3 is 15.0 Å². The van der Waals surface area contributed by atoms with Gasteiger partial charge in [0.25, 0.3) is 0 Å². The molecule has 0 aliphatic rings. The fourth-order valence-electron chi connectivity index (χ4n) is 2.61. The van der Waals surface area contributed by atoms with E-state index in [0.717, 1.165) is 6.20 Å². The molecule has 1 aromatic heterocycles. The van der Waals surface area contributed by atoms with Gasteiger partial charge >= 0.3 is 6.18 Å². The molecular weight excluding hydrogens is 405 g/mol. The second-order valence-electron chi connectivity index (χ2n) is 6.05. The van der Waals surface area contributed by atoms with Crippen LogP contribution in [0.3, 0.4) is 0 Å². The molecule has 0 unspecified atom stereocenters. The first-order chi connectivity index (χ1) is 13.8. The van der Waals surface area contributed by atoms with Crippen LogP contribution in [0.1, 0.15) is 12.5 Å². The highest BCUT2D eigenvalue weighted by molar-refractivity contribution is 6.30. The van der Waals surface area contributed by atoms with Crippen molar-refractivity contribution in [3.05, 3.63) is 65.3 Å². The summed E-state index contributed by atoms with van der Waals surface area (Å²) in [5.41, 5.74) is 0.186. The molecule has 1 N–H and O–H groups in total. The highest BCUT2D eigenvalue weighted by Gasteiger charge is 2.36. The summed E-state index contributed by atoms with van der Waals surface area (Å²) in [5, 5.41) is 3.40. The van der Waals surface area contributed by atoms with Crippen LogP contribution in [-0.4, -0.2) is 23.6 Å². The summed E-state index contributed by atoms with van der Waals surface area (Å²) >= 11 is 5.87. The lowest BCUT2D eigenvalue weighted by atomic mass is 10.2. The van der Waals surface area contributed by atoms with E-state index in [1.54, 1.807) is 48.5 Å². The third-order valence-electron chi connectivity index (χ3n) is 4.03. The monoisotopic (exact) mass is 422 g/mol. The number of rotatable bonds is 6. The first-order valence-corrected chi connectivity index (χ1v) is 9.09. The average Bonchev–Trinajstić information content (AvgIpc) is 2.69. The van der Waals surface area contributed by atoms with E-state index in [-0.39, 0.29) is 11.8 Å². The van der Waals surface area contributed by atoms with E-state index in [0.29, 0.717) is 28.8 Å². The lowest BCUT2D eigenvalue weighted by Crippen LogP contribution is -2.19. The molecule has 0 aliphatic carbocycles. The number of aromatic nitrogens is 2. The Hall–Kier alpha value is -3.00. The maximum Gasteiger partial charge on any atom is 0.421 e. The van der Waals surface area contributed by atoms with E-state index in [9.17, 15) is 13.2 Å². The van der Waals surface area contributed by atoms with Gasteiger partial charge in [-0.05, 0) is 55.5 Å². The molecule has 29 heavy (non-hydrogen) atoms. The number of alkyl halides is 3. The van der Waals surface area contributed by atoms with Crippen LogP contribution in [0.15, 0.2) is 54.7 Å². The molecule has 0 amide bonds. The number of benzene rings is 2. The minimum Gasteiger partial charge on any atom is -0.494 e. The Morgan fingerprint density at radius 1 is 1.07 bits per heavy atom. The fraction of sp³-hybridized carbons (Fsp3) is 0.200. The number of nitrogens with zero attached hydrogens (tertiary/aromatic N) is 3. The predicted octanol–water partition coefficient (Wildman–Crippen LogP) is 6.06. The number of nitrogens with one attached hydrogen (secondary N) is 1. The second kappa shape index (κ2) is 8.57. The molecule has 0 saturated carbocycles. The van der Waals surface area contributed by atoms with Crippen molar-refractivity contribution in [3.63, 3.8) is 0 Å². The maximum absolute atomic E-state index is 13.5. The van der Waals surface area contributed by atoms with Gasteiger partial charge in [-0.2, -0.15) is 18.2 Å². The van der Waals surface area contributed by atoms with E-state index in [2.05, 4.69) is 15.3 Å². The van der Waals surface area contributed by atoms with Crippen LogP contribution in [0.5, 0.6) is 5.75 Å². The molecule has 0 radical (unpaired) electrons. The molecule has 5 nitrogen and oxygen atoms in total. The summed E-state index contributed by atoms with van der Waals surface area (Å²) in [6.07, 6.45) is -3.83. The van der Waals surface area contributed by atoms with Gasteiger partial charge in [0, 0.05) is 29.6 Å². The molecule has 0 atom stereocenters. The third-order valence-corrected chi connectivity index (χ3v) is 4.28. The zero-order chi connectivity index (χ0) is 21.0. The van der Waals surface area contributed by atoms with E-state index in [4.69, 9.17) is 16.3 Å². The lowest BCUT2D eigenvalue weighted by Gasteiger charge is -2.23. The van der Waals surface area contributed by atoms with E-state index < -0.39 is 11.7 Å². The summed E-state index contributed by atoms with van der Waals surface area (Å²) < 4.78 is 45.9. The third kappa shape index (κ3) is 5.08. The van der Waals surface area contributed by atoms with Gasteiger partial charge in [-0.25, -0.2) is 4.98 Å². The summed E-state index contributed by atoms with van der Waals surface area (Å²) in [5.74, 6) is 0.454. The van der Waals surface area contributed by atoms with Crippen LogP contribution in [0.25, 0.3) is 0 Å². The summed E-state index contributed by atoms with van der Waals surface area (Å²) in [7, 11) is 1.50. The number of anilines is 4. The fourth-order valence-corrected chi connectivity index (χ4v) is 2.73. The van der Waals surface area contributed by atoms with Gasteiger partial charge in [0.05, 0.1) is 6.61 Å². The smallest absolute Gasteiger partial charge is 0.421 e. The first kappa shape index (κ1) is 20.7. The van der Waals surface area contributed by atoms with Crippen molar-refractivity contribution in [2.24, 2.45) is 0 Å². The van der Waals surface area contributed by atoms with Gasteiger partial charge in [0.1, 0.15) is 11.3 Å². The molecule has 0 fully saturated rings. The molecule has 2 aromatic carbocycles. The van der Waals surface area contributed by atoms with Crippen LogP contribution in [0, 0.1) is 0 Å². The predicted molar refractivity (Wildman–Crippen MR) is 107 cm³/mol. The zero-order valence-electron chi connectivity index (χ0n) is 15.7. The van der Waals surface area contributed by atoms with Crippen LogP contribution >= 0.6 is 11.6 Å². The van der Waals surface area contributed by atoms with Gasteiger partial charge in [-0.3, -0.25) is 0 Å². The minimum absolute atomic E-state index is 0.0398. The summed E-state index contributed by atoms with van der Waals surface area (Å²) in [6, 6.07) is 13.4. The number of hydrogen-bond donors (Lipinski definition) is 1. The van der Waals surface area contributed by atoms with Crippen molar-refractivity contribution >= 4 is 34.7 Å². The lowest BCUT2D eigenvalue weighted by molar-refractivity contribution is -0.137. The highest BCUT2D eigenvalue weighted by Crippen LogP contribution is 2.37. The van der Waals surface area contributed by atoms with Crippen LogP contribution < -0.4 is 15.0 Å². The van der Waals surface area contributed by atoms with E-state index >= 15 is 0 Å². The quantitative estimate of drug-likeness (QED) is 0.523. The van der Waals surface area contributed by atoms with Crippen molar-refractivity contribution in [1.29, 1.82) is 0 Å². The Bertz CT molecular complexity index is 963. The Balaban J connectivity index is 1.94. The number of halogens is 4. The topological polar surface area (TPSA) is 50.3 Å². The van der Waals surface area contributed by atoms with Crippen molar-refractivity contribution in [2.45, 2.75) is 13.1 Å². The second-order valence-corrected chi connectivity index (χ2v) is 6.48. The van der Waals surface area contributed by atoms with Crippen molar-refractivity contribution in [3.8, 4) is 5.75 Å². The molecule has 0 saturated heterocycles. The van der Waals surface area contributed by atoms with Gasteiger partial charge in [0.2, 0.25) is 5.95 Å². The molecule has 0 bridgehead atoms. The molecular formula is C20H18ClF3N4O. The molecule has 3 rings (SSSR count). The normalized spacial score (nSPS) is 11.2. The van der Waals surface area contributed by atoms with Crippen molar-refractivity contribution in [1.82, 2.24) is 9.97 Å². The maximum atomic E-state index is 13.5. The molecule has 0 spiro atoms. The van der Waals surface area contributed by atoms with Gasteiger partial charge in [0.15, 0.2) is 5.82 Å². The molecule has 9 heteroatoms. The van der Waals surface area contributed by atoms with Crippen LogP contribution in [0.4, 0.5) is 36.3 Å². The van der Waals surface area contributed by atoms with Gasteiger partial charge in [-0.1, -0.05) is 11.6 Å². The Morgan fingerprint density at radius 2 is 1.72 bits per heavy atom. The molecule has 0 aliphatic heterocycles. The molecule has 3 aromatic rings. The SMILES string of the molecule is CCOc1ccc(Nc2ncc(C(F)(F)F)c(N(C)c3ccc(Cl)cc3)n2)cc1. The standard InChI is InChI=1S/C20H18ClF3N4O/c1-3-29-16-10-6-14(7-11-16)26-19-25-12-17(20(22,23)24)18(27-19)28(2)15-8-4-13(21)5-9-15/h4-12H,3H2,1-2H3,(H,25,26,27). The molecule has 1 heterocycles. The highest BCUT2D eigenvalue weighted by atomic mass is 35.5. The number of hydrogen-bond acceptors (Lipinski definition) is 5. The van der Waals surface area contributed by atoms with Crippen LogP contribution in [-0.2, 0) is 6.18 Å². The summed E-state index contributed by atoms with van der Waals surface area (Å²) in [4.78, 5) is 9.28. The Kier molecular flexibility index (Phi) is 6.12. The first-order valence-electron chi connectivity index (χ1n) is 8.71. The average molecular weight is 423 g/mol.